The fraction of sp³-hybridized carbons (Fsp3) is 0.400. The largest absolute Gasteiger partial charge is 0.486 e. The Morgan fingerprint density at radius 3 is 2.83 bits per heavy atom. The molecule has 2 aromatic rings. The molecule has 2 aliphatic rings. The molecule has 0 aliphatic carbocycles. The molecule has 154 valence electrons. The van der Waals surface area contributed by atoms with Crippen LogP contribution in [0.3, 0.4) is 0 Å². The zero-order valence-corrected chi connectivity index (χ0v) is 15.6. The van der Waals surface area contributed by atoms with E-state index >= 15 is 0 Å². The van der Waals surface area contributed by atoms with E-state index < -0.39 is 22.2 Å². The molecular formula is C20H21F2N3O4. The van der Waals surface area contributed by atoms with E-state index in [9.17, 15) is 18.9 Å². The van der Waals surface area contributed by atoms with E-state index in [0.717, 1.165) is 31.2 Å². The summed E-state index contributed by atoms with van der Waals surface area (Å²) in [4.78, 5) is 12.5. The Morgan fingerprint density at radius 2 is 2.03 bits per heavy atom. The van der Waals surface area contributed by atoms with Crippen LogP contribution in [0.1, 0.15) is 12.8 Å². The van der Waals surface area contributed by atoms with Crippen LogP contribution in [0.15, 0.2) is 36.4 Å². The first-order chi connectivity index (χ1) is 14.0. The Morgan fingerprint density at radius 1 is 1.24 bits per heavy atom. The average molecular weight is 405 g/mol. The molecule has 2 aliphatic heterocycles. The minimum Gasteiger partial charge on any atom is -0.486 e. The van der Waals surface area contributed by atoms with Crippen molar-refractivity contribution in [2.75, 3.05) is 31.6 Å². The molecule has 1 saturated heterocycles. The Labute approximate surface area is 166 Å². The van der Waals surface area contributed by atoms with Crippen LogP contribution in [0.5, 0.6) is 11.5 Å². The van der Waals surface area contributed by atoms with Crippen LogP contribution in [0.25, 0.3) is 0 Å². The van der Waals surface area contributed by atoms with Gasteiger partial charge in [0.1, 0.15) is 24.2 Å². The molecule has 2 aromatic carbocycles. The molecule has 0 radical (unpaired) electrons. The van der Waals surface area contributed by atoms with Gasteiger partial charge in [0.05, 0.1) is 4.92 Å². The molecule has 0 bridgehead atoms. The number of nitro groups is 1. The SMILES string of the molecule is O=[N+]([O-])c1c(F)cc(F)cc1NC1CCCN(C[C@H]2COc3ccccc3O2)C1. The highest BCUT2D eigenvalue weighted by molar-refractivity contribution is 5.62. The number of para-hydroxylation sites is 2. The fourth-order valence-electron chi connectivity index (χ4n) is 3.86. The van der Waals surface area contributed by atoms with Crippen LogP contribution < -0.4 is 14.8 Å². The van der Waals surface area contributed by atoms with Gasteiger partial charge in [-0.2, -0.15) is 4.39 Å². The van der Waals surface area contributed by atoms with E-state index in [1.165, 1.54) is 0 Å². The highest BCUT2D eigenvalue weighted by atomic mass is 19.1. The zero-order chi connectivity index (χ0) is 20.4. The minimum atomic E-state index is -1.18. The van der Waals surface area contributed by atoms with Gasteiger partial charge in [0.25, 0.3) is 0 Å². The second kappa shape index (κ2) is 8.20. The van der Waals surface area contributed by atoms with Crippen molar-refractivity contribution >= 4 is 11.4 Å². The third-order valence-electron chi connectivity index (χ3n) is 5.11. The van der Waals surface area contributed by atoms with Gasteiger partial charge in [-0.1, -0.05) is 12.1 Å². The number of rotatable bonds is 5. The van der Waals surface area contributed by atoms with Crippen molar-refractivity contribution in [2.24, 2.45) is 0 Å². The quantitative estimate of drug-likeness (QED) is 0.605. The second-order valence-corrected chi connectivity index (χ2v) is 7.28. The lowest BCUT2D eigenvalue weighted by Gasteiger charge is -2.36. The summed E-state index contributed by atoms with van der Waals surface area (Å²) in [5.41, 5.74) is -0.866. The summed E-state index contributed by atoms with van der Waals surface area (Å²) in [5.74, 6) is -0.602. The third kappa shape index (κ3) is 4.40. The minimum absolute atomic E-state index is 0.134. The summed E-state index contributed by atoms with van der Waals surface area (Å²) in [6, 6.07) is 8.82. The van der Waals surface area contributed by atoms with E-state index in [2.05, 4.69) is 10.2 Å². The summed E-state index contributed by atoms with van der Waals surface area (Å²) >= 11 is 0. The molecule has 9 heteroatoms. The Hall–Kier alpha value is -2.94. The molecular weight excluding hydrogens is 384 g/mol. The topological polar surface area (TPSA) is 76.9 Å². The first kappa shape index (κ1) is 19.4. The number of nitro benzene ring substituents is 1. The number of nitrogens with one attached hydrogen (secondary N) is 1. The molecule has 1 N–H and O–H groups in total. The van der Waals surface area contributed by atoms with E-state index in [1.807, 2.05) is 24.3 Å². The van der Waals surface area contributed by atoms with Crippen LogP contribution in [0.2, 0.25) is 0 Å². The van der Waals surface area contributed by atoms with Crippen molar-refractivity contribution < 1.29 is 23.2 Å². The van der Waals surface area contributed by atoms with E-state index in [1.54, 1.807) is 0 Å². The van der Waals surface area contributed by atoms with Gasteiger partial charge in [0.15, 0.2) is 11.5 Å². The van der Waals surface area contributed by atoms with Gasteiger partial charge < -0.3 is 14.8 Å². The number of likely N-dealkylation sites (tertiary alicyclic amines) is 1. The molecule has 2 heterocycles. The van der Waals surface area contributed by atoms with Crippen LogP contribution in [-0.4, -0.2) is 48.2 Å². The summed E-state index contributed by atoms with van der Waals surface area (Å²) in [6.45, 7) is 2.49. The van der Waals surface area contributed by atoms with Crippen molar-refractivity contribution in [3.63, 3.8) is 0 Å². The standard InChI is InChI=1S/C20H21F2N3O4/c21-13-8-16(22)20(25(26)27)17(9-13)23-14-4-3-7-24(10-14)11-15-12-28-18-5-1-2-6-19(18)29-15/h1-2,5-6,8-9,14-15,23H,3-4,7,10-12H2/t14?,15-/m0/s1. The number of hydrogen-bond acceptors (Lipinski definition) is 6. The van der Waals surface area contributed by atoms with Gasteiger partial charge in [-0.25, -0.2) is 4.39 Å². The first-order valence-corrected chi connectivity index (χ1v) is 9.50. The number of anilines is 1. The maximum absolute atomic E-state index is 13.9. The maximum Gasteiger partial charge on any atom is 0.327 e. The van der Waals surface area contributed by atoms with E-state index in [-0.39, 0.29) is 17.8 Å². The average Bonchev–Trinajstić information content (AvgIpc) is 2.67. The second-order valence-electron chi connectivity index (χ2n) is 7.28. The number of halogens is 2. The summed E-state index contributed by atoms with van der Waals surface area (Å²) < 4.78 is 39.2. The van der Waals surface area contributed by atoms with E-state index in [4.69, 9.17) is 9.47 Å². The lowest BCUT2D eigenvalue weighted by molar-refractivity contribution is -0.386. The molecule has 0 amide bonds. The van der Waals surface area contributed by atoms with Crippen LogP contribution in [0.4, 0.5) is 20.2 Å². The van der Waals surface area contributed by atoms with Gasteiger partial charge in [0, 0.05) is 31.3 Å². The molecule has 29 heavy (non-hydrogen) atoms. The number of hydrogen-bond donors (Lipinski definition) is 1. The van der Waals surface area contributed by atoms with Gasteiger partial charge in [-0.05, 0) is 31.5 Å². The summed E-state index contributed by atoms with van der Waals surface area (Å²) in [6.07, 6.45) is 1.47. The maximum atomic E-state index is 13.9. The molecule has 0 saturated carbocycles. The predicted octanol–water partition coefficient (Wildman–Crippen LogP) is 3.59. The zero-order valence-electron chi connectivity index (χ0n) is 15.6. The van der Waals surface area contributed by atoms with Crippen molar-refractivity contribution in [3.05, 3.63) is 58.1 Å². The fourth-order valence-corrected chi connectivity index (χ4v) is 3.86. The van der Waals surface area contributed by atoms with Crippen molar-refractivity contribution in [2.45, 2.75) is 25.0 Å². The number of piperidine rings is 1. The molecule has 1 fully saturated rings. The van der Waals surface area contributed by atoms with Gasteiger partial charge >= 0.3 is 5.69 Å². The lowest BCUT2D eigenvalue weighted by Crippen LogP contribution is -2.48. The van der Waals surface area contributed by atoms with Crippen molar-refractivity contribution in [1.82, 2.24) is 4.90 Å². The number of benzene rings is 2. The smallest absolute Gasteiger partial charge is 0.327 e. The summed E-state index contributed by atoms with van der Waals surface area (Å²) in [7, 11) is 0. The van der Waals surface area contributed by atoms with E-state index in [0.29, 0.717) is 31.5 Å². The van der Waals surface area contributed by atoms with Crippen molar-refractivity contribution in [3.8, 4) is 11.5 Å². The van der Waals surface area contributed by atoms with Crippen molar-refractivity contribution in [1.29, 1.82) is 0 Å². The molecule has 0 spiro atoms. The molecule has 7 nitrogen and oxygen atoms in total. The molecule has 4 rings (SSSR count). The molecule has 2 atom stereocenters. The Bertz CT molecular complexity index is 911. The number of ether oxygens (including phenoxy) is 2. The van der Waals surface area contributed by atoms with Gasteiger partial charge in [-0.15, -0.1) is 0 Å². The van der Waals surface area contributed by atoms with Crippen LogP contribution in [-0.2, 0) is 0 Å². The number of nitrogens with zero attached hydrogens (tertiary/aromatic N) is 2. The highest BCUT2D eigenvalue weighted by Crippen LogP contribution is 2.32. The molecule has 1 unspecified atom stereocenters. The highest BCUT2D eigenvalue weighted by Gasteiger charge is 2.29. The first-order valence-electron chi connectivity index (χ1n) is 9.50. The summed E-state index contributed by atoms with van der Waals surface area (Å²) in [5, 5.41) is 14.1. The lowest BCUT2D eigenvalue weighted by atomic mass is 10.0. The number of fused-ring (bicyclic) bond motifs is 1. The predicted molar refractivity (Wildman–Crippen MR) is 102 cm³/mol. The van der Waals surface area contributed by atoms with Crippen LogP contribution >= 0.6 is 0 Å². The third-order valence-corrected chi connectivity index (χ3v) is 5.11. The molecule has 0 aromatic heterocycles. The van der Waals surface area contributed by atoms with Gasteiger partial charge in [-0.3, -0.25) is 15.0 Å². The van der Waals surface area contributed by atoms with Crippen LogP contribution in [0, 0.1) is 21.7 Å². The Balaban J connectivity index is 1.40. The Kier molecular flexibility index (Phi) is 5.48. The van der Waals surface area contributed by atoms with Gasteiger partial charge in [0.2, 0.25) is 5.82 Å². The monoisotopic (exact) mass is 405 g/mol. The normalized spacial score (nSPS) is 21.6.